The molecule has 2 aromatic rings. The molecule has 1 heterocycles. The number of hydrogen-bond donors (Lipinski definition) is 2. The molecule has 0 fully saturated rings. The molecule has 2 rings (SSSR count). The van der Waals surface area contributed by atoms with Crippen LogP contribution in [0.4, 0.5) is 5.69 Å². The Morgan fingerprint density at radius 1 is 1.32 bits per heavy atom. The van der Waals surface area contributed by atoms with Crippen molar-refractivity contribution in [3.05, 3.63) is 40.8 Å². The molecule has 0 aliphatic heterocycles. The fraction of sp³-hybridized carbons (Fsp3) is 0.267. The number of anilines is 1. The first-order valence-electron chi connectivity index (χ1n) is 6.19. The lowest BCUT2D eigenvalue weighted by molar-refractivity contribution is 0.0703. The summed E-state index contributed by atoms with van der Waals surface area (Å²) in [6, 6.07) is 9.95. The van der Waals surface area contributed by atoms with Gasteiger partial charge in [0.05, 0.1) is 5.69 Å². The van der Waals surface area contributed by atoms with Crippen molar-refractivity contribution in [2.45, 2.75) is 20.3 Å². The highest BCUT2D eigenvalue weighted by Crippen LogP contribution is 2.33. The van der Waals surface area contributed by atoms with Crippen molar-refractivity contribution in [2.24, 2.45) is 5.92 Å². The number of carboxylic acids is 1. The predicted molar refractivity (Wildman–Crippen MR) is 79.7 cm³/mol. The molecule has 0 bridgehead atoms. The Labute approximate surface area is 116 Å². The standard InChI is InChI=1S/C15H17NO2S/c1-9(2)7-10-3-5-11(6-4-10)13-8-12(16)14(19-13)15(17)18/h3-6,8-9H,7,16H2,1-2H3,(H,17,18). The molecule has 0 aliphatic rings. The van der Waals surface area contributed by atoms with E-state index in [-0.39, 0.29) is 4.88 Å². The molecule has 3 N–H and O–H groups in total. The number of benzene rings is 1. The maximum Gasteiger partial charge on any atom is 0.348 e. The van der Waals surface area contributed by atoms with Crippen LogP contribution in [-0.2, 0) is 6.42 Å². The maximum atomic E-state index is 11.0. The van der Waals surface area contributed by atoms with Gasteiger partial charge >= 0.3 is 5.97 Å². The Morgan fingerprint density at radius 3 is 2.42 bits per heavy atom. The molecule has 0 spiro atoms. The van der Waals surface area contributed by atoms with Gasteiger partial charge in [0.25, 0.3) is 0 Å². The van der Waals surface area contributed by atoms with Gasteiger partial charge in [0.1, 0.15) is 4.88 Å². The maximum absolute atomic E-state index is 11.0. The lowest BCUT2D eigenvalue weighted by atomic mass is 10.0. The average molecular weight is 275 g/mol. The Hall–Kier alpha value is -1.81. The van der Waals surface area contributed by atoms with Gasteiger partial charge in [-0.05, 0) is 29.5 Å². The number of hydrogen-bond acceptors (Lipinski definition) is 3. The van der Waals surface area contributed by atoms with Gasteiger partial charge in [-0.15, -0.1) is 11.3 Å². The van der Waals surface area contributed by atoms with Crippen molar-refractivity contribution in [3.8, 4) is 10.4 Å². The molecule has 3 nitrogen and oxygen atoms in total. The number of thiophene rings is 1. The summed E-state index contributed by atoms with van der Waals surface area (Å²) >= 11 is 1.22. The third kappa shape index (κ3) is 3.15. The highest BCUT2D eigenvalue weighted by molar-refractivity contribution is 7.17. The molecule has 0 unspecified atom stereocenters. The average Bonchev–Trinajstić information content (AvgIpc) is 2.71. The third-order valence-corrected chi connectivity index (χ3v) is 4.03. The number of nitrogens with two attached hydrogens (primary N) is 1. The second-order valence-corrected chi connectivity index (χ2v) is 6.05. The minimum Gasteiger partial charge on any atom is -0.477 e. The Kier molecular flexibility index (Phi) is 3.90. The lowest BCUT2D eigenvalue weighted by Gasteiger charge is -2.05. The van der Waals surface area contributed by atoms with E-state index in [1.807, 2.05) is 12.1 Å². The van der Waals surface area contributed by atoms with E-state index in [9.17, 15) is 4.79 Å². The smallest absolute Gasteiger partial charge is 0.348 e. The Morgan fingerprint density at radius 2 is 1.95 bits per heavy atom. The van der Waals surface area contributed by atoms with Crippen LogP contribution in [0.2, 0.25) is 0 Å². The van der Waals surface area contributed by atoms with E-state index in [1.165, 1.54) is 16.9 Å². The molecule has 0 amide bonds. The third-order valence-electron chi connectivity index (χ3n) is 2.84. The van der Waals surface area contributed by atoms with Gasteiger partial charge in [0, 0.05) is 4.88 Å². The SMILES string of the molecule is CC(C)Cc1ccc(-c2cc(N)c(C(=O)O)s2)cc1. The summed E-state index contributed by atoms with van der Waals surface area (Å²) in [5.41, 5.74) is 8.34. The highest BCUT2D eigenvalue weighted by Gasteiger charge is 2.13. The topological polar surface area (TPSA) is 63.3 Å². The zero-order valence-electron chi connectivity index (χ0n) is 11.0. The number of nitrogen functional groups attached to an aromatic ring is 1. The molecular formula is C15H17NO2S. The van der Waals surface area contributed by atoms with Gasteiger partial charge in [-0.2, -0.15) is 0 Å². The number of rotatable bonds is 4. The van der Waals surface area contributed by atoms with Gasteiger partial charge in [-0.3, -0.25) is 0 Å². The summed E-state index contributed by atoms with van der Waals surface area (Å²) in [5, 5.41) is 9.00. The van der Waals surface area contributed by atoms with Crippen LogP contribution in [0, 0.1) is 5.92 Å². The first kappa shape index (κ1) is 13.6. The molecule has 1 aromatic carbocycles. The van der Waals surface area contributed by atoms with E-state index < -0.39 is 5.97 Å². The molecule has 19 heavy (non-hydrogen) atoms. The van der Waals surface area contributed by atoms with Crippen molar-refractivity contribution >= 4 is 23.0 Å². The largest absolute Gasteiger partial charge is 0.477 e. The van der Waals surface area contributed by atoms with E-state index in [0.717, 1.165) is 16.9 Å². The van der Waals surface area contributed by atoms with Crippen molar-refractivity contribution in [1.29, 1.82) is 0 Å². The molecule has 1 aromatic heterocycles. The van der Waals surface area contributed by atoms with Crippen LogP contribution in [0.1, 0.15) is 29.1 Å². The molecule has 0 saturated carbocycles. The van der Waals surface area contributed by atoms with Crippen LogP contribution in [0.25, 0.3) is 10.4 Å². The second kappa shape index (κ2) is 5.45. The van der Waals surface area contributed by atoms with E-state index in [0.29, 0.717) is 11.6 Å². The van der Waals surface area contributed by atoms with Gasteiger partial charge in [0.2, 0.25) is 0 Å². The van der Waals surface area contributed by atoms with Gasteiger partial charge in [-0.1, -0.05) is 38.1 Å². The van der Waals surface area contributed by atoms with E-state index in [4.69, 9.17) is 10.8 Å². The molecule has 4 heteroatoms. The Balaban J connectivity index is 2.27. The Bertz CT molecular complexity index is 585. The van der Waals surface area contributed by atoms with Crippen molar-refractivity contribution < 1.29 is 9.90 Å². The molecule has 0 saturated heterocycles. The van der Waals surface area contributed by atoms with Crippen LogP contribution >= 0.6 is 11.3 Å². The second-order valence-electron chi connectivity index (χ2n) is 5.00. The summed E-state index contributed by atoms with van der Waals surface area (Å²) < 4.78 is 0. The number of carbonyl (C=O) groups is 1. The molecule has 0 aliphatic carbocycles. The zero-order valence-corrected chi connectivity index (χ0v) is 11.8. The van der Waals surface area contributed by atoms with Crippen LogP contribution in [0.15, 0.2) is 30.3 Å². The predicted octanol–water partition coefficient (Wildman–Crippen LogP) is 3.89. The van der Waals surface area contributed by atoms with Crippen molar-refractivity contribution in [2.75, 3.05) is 5.73 Å². The van der Waals surface area contributed by atoms with Crippen LogP contribution < -0.4 is 5.73 Å². The van der Waals surface area contributed by atoms with Crippen LogP contribution in [0.3, 0.4) is 0 Å². The lowest BCUT2D eigenvalue weighted by Crippen LogP contribution is -1.96. The minimum atomic E-state index is -0.967. The quantitative estimate of drug-likeness (QED) is 0.889. The normalized spacial score (nSPS) is 10.9. The van der Waals surface area contributed by atoms with Crippen LogP contribution in [-0.4, -0.2) is 11.1 Å². The molecule has 0 atom stereocenters. The fourth-order valence-corrected chi connectivity index (χ4v) is 2.91. The van der Waals surface area contributed by atoms with E-state index in [2.05, 4.69) is 26.0 Å². The van der Waals surface area contributed by atoms with Gasteiger partial charge in [-0.25, -0.2) is 4.79 Å². The van der Waals surface area contributed by atoms with Crippen molar-refractivity contribution in [1.82, 2.24) is 0 Å². The first-order valence-corrected chi connectivity index (χ1v) is 7.01. The summed E-state index contributed by atoms with van der Waals surface area (Å²) in [7, 11) is 0. The minimum absolute atomic E-state index is 0.209. The van der Waals surface area contributed by atoms with Crippen molar-refractivity contribution in [3.63, 3.8) is 0 Å². The summed E-state index contributed by atoms with van der Waals surface area (Å²) in [6.07, 6.45) is 1.05. The number of aromatic carboxylic acids is 1. The van der Waals surface area contributed by atoms with E-state index in [1.54, 1.807) is 6.07 Å². The molecule has 0 radical (unpaired) electrons. The summed E-state index contributed by atoms with van der Waals surface area (Å²) in [4.78, 5) is 12.1. The van der Waals surface area contributed by atoms with Crippen LogP contribution in [0.5, 0.6) is 0 Å². The fourth-order valence-electron chi connectivity index (χ4n) is 1.99. The molecular weight excluding hydrogens is 258 g/mol. The summed E-state index contributed by atoms with van der Waals surface area (Å²) in [6.45, 7) is 4.38. The van der Waals surface area contributed by atoms with Gasteiger partial charge < -0.3 is 10.8 Å². The zero-order chi connectivity index (χ0) is 14.0. The van der Waals surface area contributed by atoms with Gasteiger partial charge in [0.15, 0.2) is 0 Å². The monoisotopic (exact) mass is 275 g/mol. The summed E-state index contributed by atoms with van der Waals surface area (Å²) in [5.74, 6) is -0.341. The first-order chi connectivity index (χ1) is 8.97. The highest BCUT2D eigenvalue weighted by atomic mass is 32.1. The molecule has 100 valence electrons. The van der Waals surface area contributed by atoms with E-state index >= 15 is 0 Å². The number of carboxylic acid groups (broad SMARTS) is 1.